The number of hydrogen-bond acceptors (Lipinski definition) is 2. The van der Waals surface area contributed by atoms with Gasteiger partial charge in [0.1, 0.15) is 0 Å². The predicted molar refractivity (Wildman–Crippen MR) is 110 cm³/mol. The van der Waals surface area contributed by atoms with E-state index in [0.717, 1.165) is 13.0 Å². The van der Waals surface area contributed by atoms with Crippen molar-refractivity contribution in [1.82, 2.24) is 0 Å². The molecule has 0 radical (unpaired) electrons. The summed E-state index contributed by atoms with van der Waals surface area (Å²) < 4.78 is 0. The van der Waals surface area contributed by atoms with Crippen LogP contribution in [0.15, 0.2) is 0 Å². The monoisotopic (exact) mass is 340 g/mol. The number of nitrogens with two attached hydrogens (primary N) is 2. The Bertz CT molecular complexity index is 259. The van der Waals surface area contributed by atoms with E-state index in [9.17, 15) is 0 Å². The largest absolute Gasteiger partial charge is 0.330 e. The van der Waals surface area contributed by atoms with Crippen LogP contribution in [-0.4, -0.2) is 12.1 Å². The maximum atomic E-state index is 7.28. The molecule has 0 fully saturated rings. The SMILES string of the molecule is CCCCC(N)(CCCC)C(CCCC)(CCCC)CCCCN. The third-order valence-electron chi connectivity index (χ3n) is 6.14. The molecule has 0 aliphatic heterocycles. The Morgan fingerprint density at radius 3 is 1.29 bits per heavy atom. The second-order valence-corrected chi connectivity index (χ2v) is 8.10. The lowest BCUT2D eigenvalue weighted by atomic mass is 9.58. The third-order valence-corrected chi connectivity index (χ3v) is 6.14. The van der Waals surface area contributed by atoms with Crippen LogP contribution in [0.1, 0.15) is 124 Å². The van der Waals surface area contributed by atoms with Crippen molar-refractivity contribution < 1.29 is 0 Å². The molecule has 2 nitrogen and oxygen atoms in total. The summed E-state index contributed by atoms with van der Waals surface area (Å²) in [5, 5.41) is 0. The van der Waals surface area contributed by atoms with Crippen LogP contribution in [0.4, 0.5) is 0 Å². The first-order chi connectivity index (χ1) is 11.6. The molecular weight excluding hydrogens is 292 g/mol. The normalized spacial score (nSPS) is 12.8. The van der Waals surface area contributed by atoms with E-state index >= 15 is 0 Å². The molecule has 0 aliphatic carbocycles. The first-order valence-electron chi connectivity index (χ1n) is 11.0. The van der Waals surface area contributed by atoms with Crippen LogP contribution in [0, 0.1) is 5.41 Å². The van der Waals surface area contributed by atoms with Gasteiger partial charge in [0.25, 0.3) is 0 Å². The van der Waals surface area contributed by atoms with E-state index in [1.54, 1.807) is 0 Å². The van der Waals surface area contributed by atoms with Crippen LogP contribution in [0.3, 0.4) is 0 Å². The minimum atomic E-state index is 0.0258. The molecule has 4 N–H and O–H groups in total. The van der Waals surface area contributed by atoms with Crippen molar-refractivity contribution in [2.45, 2.75) is 130 Å². The van der Waals surface area contributed by atoms with Crippen LogP contribution >= 0.6 is 0 Å². The maximum absolute atomic E-state index is 7.28. The number of hydrogen-bond donors (Lipinski definition) is 2. The highest BCUT2D eigenvalue weighted by Crippen LogP contribution is 2.49. The van der Waals surface area contributed by atoms with E-state index in [4.69, 9.17) is 11.5 Å². The molecule has 0 amide bonds. The summed E-state index contributed by atoms with van der Waals surface area (Å²) in [7, 11) is 0. The molecule has 0 atom stereocenters. The molecule has 0 saturated heterocycles. The Labute approximate surface area is 153 Å². The third kappa shape index (κ3) is 7.87. The zero-order valence-corrected chi connectivity index (χ0v) is 17.5. The van der Waals surface area contributed by atoms with Crippen LogP contribution < -0.4 is 11.5 Å². The molecule has 0 aromatic heterocycles. The lowest BCUT2D eigenvalue weighted by molar-refractivity contribution is 0.0532. The van der Waals surface area contributed by atoms with Gasteiger partial charge in [-0.2, -0.15) is 0 Å². The van der Waals surface area contributed by atoms with Gasteiger partial charge in [-0.05, 0) is 50.5 Å². The Balaban J connectivity index is 5.50. The zero-order chi connectivity index (χ0) is 18.3. The van der Waals surface area contributed by atoms with Crippen molar-refractivity contribution in [3.05, 3.63) is 0 Å². The molecule has 24 heavy (non-hydrogen) atoms. The van der Waals surface area contributed by atoms with E-state index in [1.807, 2.05) is 0 Å². The van der Waals surface area contributed by atoms with E-state index in [0.29, 0.717) is 5.41 Å². The first kappa shape index (κ1) is 23.9. The number of unbranched alkanes of at least 4 members (excludes halogenated alkanes) is 5. The lowest BCUT2D eigenvalue weighted by Gasteiger charge is -2.50. The summed E-state index contributed by atoms with van der Waals surface area (Å²) >= 11 is 0. The van der Waals surface area contributed by atoms with E-state index in [2.05, 4.69) is 27.7 Å². The lowest BCUT2D eigenvalue weighted by Crippen LogP contribution is -2.55. The highest BCUT2D eigenvalue weighted by atomic mass is 14.8. The summed E-state index contributed by atoms with van der Waals surface area (Å²) in [4.78, 5) is 0. The summed E-state index contributed by atoms with van der Waals surface area (Å²) in [6.45, 7) is 10.1. The smallest absolute Gasteiger partial charge is 0.0211 e. The minimum Gasteiger partial charge on any atom is -0.330 e. The Morgan fingerprint density at radius 1 is 0.542 bits per heavy atom. The molecule has 0 heterocycles. The van der Waals surface area contributed by atoms with Crippen molar-refractivity contribution in [1.29, 1.82) is 0 Å². The molecule has 0 rings (SSSR count). The fourth-order valence-corrected chi connectivity index (χ4v) is 4.40. The predicted octanol–water partition coefficient (Wildman–Crippen LogP) is 6.56. The molecule has 0 aliphatic rings. The maximum Gasteiger partial charge on any atom is 0.0211 e. The topological polar surface area (TPSA) is 52.0 Å². The van der Waals surface area contributed by atoms with Crippen LogP contribution in [-0.2, 0) is 0 Å². The minimum absolute atomic E-state index is 0.0258. The van der Waals surface area contributed by atoms with E-state index in [1.165, 1.54) is 89.9 Å². The summed E-state index contributed by atoms with van der Waals surface area (Å²) in [5.74, 6) is 0. The molecule has 0 aromatic carbocycles. The quantitative estimate of drug-likeness (QED) is 0.294. The molecule has 0 bridgehead atoms. The second kappa shape index (κ2) is 14.1. The van der Waals surface area contributed by atoms with Gasteiger partial charge in [-0.15, -0.1) is 0 Å². The van der Waals surface area contributed by atoms with Crippen molar-refractivity contribution in [3.8, 4) is 0 Å². The van der Waals surface area contributed by atoms with Gasteiger partial charge in [-0.1, -0.05) is 85.5 Å². The summed E-state index contributed by atoms with van der Waals surface area (Å²) in [6.07, 6.45) is 19.0. The molecule has 2 heteroatoms. The number of rotatable bonds is 17. The fraction of sp³-hybridized carbons (Fsp3) is 1.00. The van der Waals surface area contributed by atoms with Gasteiger partial charge in [-0.25, -0.2) is 0 Å². The summed E-state index contributed by atoms with van der Waals surface area (Å²) in [5.41, 5.74) is 13.4. The van der Waals surface area contributed by atoms with Crippen LogP contribution in [0.2, 0.25) is 0 Å². The standard InChI is InChI=1S/C22H48N2/c1-5-9-15-21(16-10-6-2,17-13-14-20-23)22(24,18-11-7-3)19-12-8-4/h5-20,23-24H2,1-4H3. The molecule has 146 valence electrons. The Kier molecular flexibility index (Phi) is 14.1. The van der Waals surface area contributed by atoms with Gasteiger partial charge in [0.05, 0.1) is 0 Å². The van der Waals surface area contributed by atoms with Gasteiger partial charge in [0, 0.05) is 5.54 Å². The van der Waals surface area contributed by atoms with Gasteiger partial charge in [0.2, 0.25) is 0 Å². The molecule has 0 aromatic rings. The Hall–Kier alpha value is -0.0800. The van der Waals surface area contributed by atoms with Gasteiger partial charge in [-0.3, -0.25) is 0 Å². The van der Waals surface area contributed by atoms with Gasteiger partial charge >= 0.3 is 0 Å². The van der Waals surface area contributed by atoms with Crippen molar-refractivity contribution >= 4 is 0 Å². The zero-order valence-electron chi connectivity index (χ0n) is 17.5. The molecule has 0 saturated carbocycles. The van der Waals surface area contributed by atoms with Crippen molar-refractivity contribution in [3.63, 3.8) is 0 Å². The highest BCUT2D eigenvalue weighted by Gasteiger charge is 2.45. The van der Waals surface area contributed by atoms with Crippen LogP contribution in [0.5, 0.6) is 0 Å². The fourth-order valence-electron chi connectivity index (χ4n) is 4.40. The molecule has 0 unspecified atom stereocenters. The molecular formula is C22H48N2. The van der Waals surface area contributed by atoms with Crippen molar-refractivity contribution in [2.75, 3.05) is 6.54 Å². The van der Waals surface area contributed by atoms with Crippen LogP contribution in [0.25, 0.3) is 0 Å². The van der Waals surface area contributed by atoms with E-state index < -0.39 is 0 Å². The van der Waals surface area contributed by atoms with E-state index in [-0.39, 0.29) is 5.54 Å². The van der Waals surface area contributed by atoms with Gasteiger partial charge < -0.3 is 11.5 Å². The van der Waals surface area contributed by atoms with Crippen molar-refractivity contribution in [2.24, 2.45) is 16.9 Å². The second-order valence-electron chi connectivity index (χ2n) is 8.10. The van der Waals surface area contributed by atoms with Gasteiger partial charge in [0.15, 0.2) is 0 Å². The average Bonchev–Trinajstić information content (AvgIpc) is 2.60. The first-order valence-corrected chi connectivity index (χ1v) is 11.0. The highest BCUT2D eigenvalue weighted by molar-refractivity contribution is 5.02. The summed E-state index contributed by atoms with van der Waals surface area (Å²) in [6, 6.07) is 0. The Morgan fingerprint density at radius 2 is 0.917 bits per heavy atom. The molecule has 0 spiro atoms. The average molecular weight is 341 g/mol.